The van der Waals surface area contributed by atoms with Crippen LogP contribution >= 0.6 is 0 Å². The summed E-state index contributed by atoms with van der Waals surface area (Å²) < 4.78 is 2.47. The molecular weight excluding hydrogens is 170 g/mol. The number of hydrogen-bond acceptors (Lipinski definition) is 0. The van der Waals surface area contributed by atoms with E-state index in [0.717, 1.165) is 12.1 Å². The van der Waals surface area contributed by atoms with Gasteiger partial charge in [-0.3, -0.25) is 0 Å². The molecule has 14 heavy (non-hydrogen) atoms. The highest BCUT2D eigenvalue weighted by molar-refractivity contribution is 5.15. The second-order valence-electron chi connectivity index (χ2n) is 5.10. The Morgan fingerprint density at radius 1 is 0.643 bits per heavy atom. The molecule has 0 unspecified atom stereocenters. The predicted molar refractivity (Wildman–Crippen MR) is 61.1 cm³/mol. The zero-order valence-corrected chi connectivity index (χ0v) is 9.38. The van der Waals surface area contributed by atoms with Crippen molar-refractivity contribution in [2.45, 2.75) is 76.3 Å². The molecule has 1 nitrogen and oxygen atoms in total. The molecule has 2 aliphatic rings. The van der Waals surface area contributed by atoms with Gasteiger partial charge in [-0.2, -0.15) is 0 Å². The van der Waals surface area contributed by atoms with Crippen LogP contribution in [0.15, 0.2) is 0 Å². The molecular formula is C13H24N+. The van der Waals surface area contributed by atoms with E-state index in [0.29, 0.717) is 0 Å². The van der Waals surface area contributed by atoms with Crippen LogP contribution in [-0.2, 0) is 0 Å². The number of rotatable bonds is 2. The van der Waals surface area contributed by atoms with E-state index < -0.39 is 0 Å². The van der Waals surface area contributed by atoms with Gasteiger partial charge in [0.05, 0.1) is 0 Å². The van der Waals surface area contributed by atoms with Crippen LogP contribution in [0.4, 0.5) is 0 Å². The van der Waals surface area contributed by atoms with Gasteiger partial charge >= 0.3 is 0 Å². The molecule has 2 aliphatic carbocycles. The standard InChI is InChI=1S/C13H24N/c1-14(12-8-4-2-5-9-12)13-10-6-3-7-11-13/h12-13H,1-11H2/q+1. The lowest BCUT2D eigenvalue weighted by atomic mass is 9.90. The van der Waals surface area contributed by atoms with Gasteiger partial charge in [-0.25, -0.2) is 4.58 Å². The first kappa shape index (κ1) is 10.2. The van der Waals surface area contributed by atoms with Gasteiger partial charge in [0.25, 0.3) is 0 Å². The van der Waals surface area contributed by atoms with Crippen molar-refractivity contribution < 1.29 is 4.58 Å². The fourth-order valence-corrected chi connectivity index (χ4v) is 3.12. The summed E-state index contributed by atoms with van der Waals surface area (Å²) in [7, 11) is 0. The maximum Gasteiger partial charge on any atom is 0.152 e. The van der Waals surface area contributed by atoms with E-state index in [9.17, 15) is 0 Å². The molecule has 0 aromatic carbocycles. The normalized spacial score (nSPS) is 26.3. The Balaban J connectivity index is 1.85. The smallest absolute Gasteiger partial charge is 0.152 e. The van der Waals surface area contributed by atoms with E-state index in [1.807, 2.05) is 0 Å². The van der Waals surface area contributed by atoms with E-state index in [2.05, 4.69) is 11.3 Å². The summed E-state index contributed by atoms with van der Waals surface area (Å²) >= 11 is 0. The molecule has 0 amide bonds. The highest BCUT2D eigenvalue weighted by atomic mass is 15.1. The molecule has 0 atom stereocenters. The fraction of sp³-hybridized carbons (Fsp3) is 0.923. The third kappa shape index (κ3) is 2.37. The minimum absolute atomic E-state index is 0.812. The molecule has 2 saturated carbocycles. The molecule has 0 aliphatic heterocycles. The van der Waals surface area contributed by atoms with Gasteiger partial charge in [0, 0.05) is 25.7 Å². The van der Waals surface area contributed by atoms with E-state index in [-0.39, 0.29) is 0 Å². The van der Waals surface area contributed by atoms with Gasteiger partial charge in [-0.15, -0.1) is 0 Å². The summed E-state index contributed by atoms with van der Waals surface area (Å²) in [5.74, 6) is 0. The molecule has 0 bridgehead atoms. The van der Waals surface area contributed by atoms with Crippen LogP contribution in [0.25, 0.3) is 0 Å². The lowest BCUT2D eigenvalue weighted by Crippen LogP contribution is -2.36. The third-order valence-corrected chi connectivity index (χ3v) is 4.09. The zero-order chi connectivity index (χ0) is 9.80. The largest absolute Gasteiger partial charge is 0.237 e. The topological polar surface area (TPSA) is 3.01 Å². The third-order valence-electron chi connectivity index (χ3n) is 4.09. The van der Waals surface area contributed by atoms with E-state index >= 15 is 0 Å². The van der Waals surface area contributed by atoms with Crippen molar-refractivity contribution in [1.82, 2.24) is 0 Å². The molecule has 1 heteroatoms. The van der Waals surface area contributed by atoms with Gasteiger partial charge in [-0.1, -0.05) is 12.8 Å². The molecule has 80 valence electrons. The maximum atomic E-state index is 4.32. The minimum Gasteiger partial charge on any atom is -0.237 e. The first-order valence-corrected chi connectivity index (χ1v) is 6.47. The molecule has 2 fully saturated rings. The fourth-order valence-electron chi connectivity index (χ4n) is 3.12. The minimum atomic E-state index is 0.812. The zero-order valence-electron chi connectivity index (χ0n) is 9.38. The van der Waals surface area contributed by atoms with Crippen LogP contribution in [0.5, 0.6) is 0 Å². The Kier molecular flexibility index (Phi) is 3.61. The van der Waals surface area contributed by atoms with Crippen molar-refractivity contribution in [3.8, 4) is 0 Å². The number of hydrogen-bond donors (Lipinski definition) is 0. The van der Waals surface area contributed by atoms with Crippen LogP contribution in [-0.4, -0.2) is 23.4 Å². The van der Waals surface area contributed by atoms with Gasteiger partial charge in [0.1, 0.15) is 6.72 Å². The van der Waals surface area contributed by atoms with Crippen molar-refractivity contribution in [2.24, 2.45) is 0 Å². The van der Waals surface area contributed by atoms with Crippen molar-refractivity contribution in [2.75, 3.05) is 0 Å². The van der Waals surface area contributed by atoms with Crippen molar-refractivity contribution in [1.29, 1.82) is 0 Å². The molecule has 0 heterocycles. The second kappa shape index (κ2) is 4.95. The molecule has 0 aromatic heterocycles. The lowest BCUT2D eigenvalue weighted by Gasteiger charge is -2.27. The summed E-state index contributed by atoms with van der Waals surface area (Å²) in [6.45, 7) is 4.32. The Labute approximate surface area is 88.2 Å². The van der Waals surface area contributed by atoms with E-state index in [1.54, 1.807) is 0 Å². The van der Waals surface area contributed by atoms with Crippen LogP contribution in [0, 0.1) is 0 Å². The first-order chi connectivity index (χ1) is 6.88. The average Bonchev–Trinajstić information content (AvgIpc) is 2.30. The van der Waals surface area contributed by atoms with Crippen molar-refractivity contribution in [3.63, 3.8) is 0 Å². The van der Waals surface area contributed by atoms with Gasteiger partial charge in [0.15, 0.2) is 12.1 Å². The maximum absolute atomic E-state index is 4.32. The molecule has 0 N–H and O–H groups in total. The first-order valence-electron chi connectivity index (χ1n) is 6.47. The predicted octanol–water partition coefficient (Wildman–Crippen LogP) is 3.36. The Morgan fingerprint density at radius 3 is 1.36 bits per heavy atom. The molecule has 0 aromatic rings. The molecule has 0 spiro atoms. The highest BCUT2D eigenvalue weighted by Gasteiger charge is 2.29. The van der Waals surface area contributed by atoms with Crippen LogP contribution in [0.1, 0.15) is 64.2 Å². The van der Waals surface area contributed by atoms with Crippen LogP contribution < -0.4 is 0 Å². The summed E-state index contributed by atoms with van der Waals surface area (Å²) in [4.78, 5) is 0. The summed E-state index contributed by atoms with van der Waals surface area (Å²) in [6.07, 6.45) is 14.3. The van der Waals surface area contributed by atoms with Crippen LogP contribution in [0.2, 0.25) is 0 Å². The van der Waals surface area contributed by atoms with Crippen molar-refractivity contribution in [3.05, 3.63) is 0 Å². The summed E-state index contributed by atoms with van der Waals surface area (Å²) in [5, 5.41) is 0. The van der Waals surface area contributed by atoms with Gasteiger partial charge in [-0.05, 0) is 25.7 Å². The molecule has 0 saturated heterocycles. The van der Waals surface area contributed by atoms with Crippen molar-refractivity contribution >= 4 is 6.72 Å². The Hall–Kier alpha value is -0.330. The van der Waals surface area contributed by atoms with E-state index in [4.69, 9.17) is 0 Å². The lowest BCUT2D eigenvalue weighted by molar-refractivity contribution is -0.600. The number of nitrogens with zero attached hydrogens (tertiary/aromatic N) is 1. The summed E-state index contributed by atoms with van der Waals surface area (Å²) in [6, 6.07) is 1.62. The monoisotopic (exact) mass is 194 g/mol. The van der Waals surface area contributed by atoms with Gasteiger partial charge in [0.2, 0.25) is 0 Å². The van der Waals surface area contributed by atoms with Crippen LogP contribution in [0.3, 0.4) is 0 Å². The second-order valence-corrected chi connectivity index (χ2v) is 5.10. The van der Waals surface area contributed by atoms with Gasteiger partial charge < -0.3 is 0 Å². The molecule has 2 rings (SSSR count). The SMILES string of the molecule is C=[N+](C1CCCCC1)C1CCCCC1. The Morgan fingerprint density at radius 2 is 1.00 bits per heavy atom. The summed E-state index contributed by atoms with van der Waals surface area (Å²) in [5.41, 5.74) is 0. The molecule has 0 radical (unpaired) electrons. The quantitative estimate of drug-likeness (QED) is 0.468. The average molecular weight is 194 g/mol. The highest BCUT2D eigenvalue weighted by Crippen LogP contribution is 2.26. The van der Waals surface area contributed by atoms with E-state index in [1.165, 1.54) is 64.2 Å². The Bertz CT molecular complexity index is 165.